The molecule has 0 bridgehead atoms. The van der Waals surface area contributed by atoms with E-state index < -0.39 is 0 Å². The highest BCUT2D eigenvalue weighted by atomic mass is 16.5. The first kappa shape index (κ1) is 20.5. The van der Waals surface area contributed by atoms with Crippen molar-refractivity contribution in [3.8, 4) is 0 Å². The number of nitrogens with one attached hydrogen (secondary N) is 1. The summed E-state index contributed by atoms with van der Waals surface area (Å²) in [7, 11) is 3.61. The molecular weight excluding hydrogens is 316 g/mol. The largest absolute Gasteiger partial charge is 0.382 e. The summed E-state index contributed by atoms with van der Waals surface area (Å²) >= 11 is 0. The van der Waals surface area contributed by atoms with E-state index in [2.05, 4.69) is 27.0 Å². The molecule has 0 aromatic carbocycles. The van der Waals surface area contributed by atoms with E-state index in [1.54, 1.807) is 7.11 Å². The van der Waals surface area contributed by atoms with Gasteiger partial charge in [-0.05, 0) is 51.2 Å². The second kappa shape index (κ2) is 11.7. The van der Waals surface area contributed by atoms with Crippen LogP contribution in [-0.2, 0) is 9.47 Å². The van der Waals surface area contributed by atoms with Gasteiger partial charge in [0.15, 0.2) is 5.96 Å². The molecule has 1 N–H and O–H groups in total. The van der Waals surface area contributed by atoms with Gasteiger partial charge in [-0.1, -0.05) is 6.92 Å². The lowest BCUT2D eigenvalue weighted by molar-refractivity contribution is 0.0536. The van der Waals surface area contributed by atoms with Crippen LogP contribution in [0.1, 0.15) is 32.6 Å². The summed E-state index contributed by atoms with van der Waals surface area (Å²) in [5, 5.41) is 3.58. The Morgan fingerprint density at radius 3 is 2.56 bits per heavy atom. The molecule has 2 fully saturated rings. The van der Waals surface area contributed by atoms with Gasteiger partial charge < -0.3 is 24.6 Å². The zero-order valence-electron chi connectivity index (χ0n) is 16.5. The molecule has 0 radical (unpaired) electrons. The minimum Gasteiger partial charge on any atom is -0.382 e. The smallest absolute Gasteiger partial charge is 0.193 e. The Kier molecular flexibility index (Phi) is 9.58. The van der Waals surface area contributed by atoms with Crippen molar-refractivity contribution < 1.29 is 9.47 Å². The molecule has 25 heavy (non-hydrogen) atoms. The third kappa shape index (κ3) is 7.12. The van der Waals surface area contributed by atoms with Crippen molar-refractivity contribution in [3.63, 3.8) is 0 Å². The minimum absolute atomic E-state index is 0.605. The summed E-state index contributed by atoms with van der Waals surface area (Å²) in [5.74, 6) is 2.54. The fraction of sp³-hybridized carbons (Fsp3) is 0.947. The highest BCUT2D eigenvalue weighted by Gasteiger charge is 2.25. The van der Waals surface area contributed by atoms with Gasteiger partial charge in [0.05, 0.1) is 19.8 Å². The lowest BCUT2D eigenvalue weighted by Gasteiger charge is -2.31. The Bertz CT molecular complexity index is 384. The molecule has 1 unspecified atom stereocenters. The fourth-order valence-corrected chi connectivity index (χ4v) is 3.87. The number of aliphatic imine (C=N–C) groups is 1. The maximum atomic E-state index is 5.68. The number of hydrogen-bond donors (Lipinski definition) is 1. The second-order valence-corrected chi connectivity index (χ2v) is 7.31. The van der Waals surface area contributed by atoms with Crippen LogP contribution in [0.3, 0.4) is 0 Å². The van der Waals surface area contributed by atoms with Gasteiger partial charge in [0, 0.05) is 39.7 Å². The van der Waals surface area contributed by atoms with E-state index >= 15 is 0 Å². The highest BCUT2D eigenvalue weighted by molar-refractivity contribution is 5.80. The van der Waals surface area contributed by atoms with Gasteiger partial charge in [-0.25, -0.2) is 0 Å². The van der Waals surface area contributed by atoms with Gasteiger partial charge in [-0.3, -0.25) is 4.99 Å². The summed E-state index contributed by atoms with van der Waals surface area (Å²) in [6, 6.07) is 0. The predicted octanol–water partition coefficient (Wildman–Crippen LogP) is 1.67. The van der Waals surface area contributed by atoms with Crippen LogP contribution >= 0.6 is 0 Å². The van der Waals surface area contributed by atoms with E-state index in [0.717, 1.165) is 38.1 Å². The summed E-state index contributed by atoms with van der Waals surface area (Å²) in [6.07, 6.45) is 5.13. The van der Waals surface area contributed by atoms with E-state index in [-0.39, 0.29) is 0 Å². The molecule has 6 nitrogen and oxygen atoms in total. The Balaban J connectivity index is 1.61. The Morgan fingerprint density at radius 1 is 1.12 bits per heavy atom. The van der Waals surface area contributed by atoms with Gasteiger partial charge in [-0.2, -0.15) is 0 Å². The summed E-state index contributed by atoms with van der Waals surface area (Å²) in [4.78, 5) is 9.42. The minimum atomic E-state index is 0.605. The van der Waals surface area contributed by atoms with Gasteiger partial charge in [0.2, 0.25) is 0 Å². The van der Waals surface area contributed by atoms with Crippen molar-refractivity contribution >= 4 is 5.96 Å². The topological polar surface area (TPSA) is 49.3 Å². The number of nitrogens with zero attached hydrogens (tertiary/aromatic N) is 3. The number of rotatable bonds is 9. The van der Waals surface area contributed by atoms with E-state index in [1.165, 1.54) is 45.3 Å². The molecular formula is C19H38N4O2. The van der Waals surface area contributed by atoms with Crippen LogP contribution < -0.4 is 5.32 Å². The Hall–Kier alpha value is -0.850. The first-order valence-electron chi connectivity index (χ1n) is 10.0. The number of piperidine rings is 1. The third-order valence-electron chi connectivity index (χ3n) is 5.57. The zero-order valence-corrected chi connectivity index (χ0v) is 16.5. The quantitative estimate of drug-likeness (QED) is 0.388. The standard InChI is InChI=1S/C19H38N4O2/c1-4-22-10-6-17(7-11-22)5-9-21-19(20-2)23-12-8-18(15-23)16-25-14-13-24-3/h17-18H,4-16H2,1-3H3,(H,20,21). The molecule has 2 heterocycles. The molecule has 6 heteroatoms. The van der Waals surface area contributed by atoms with Crippen LogP contribution in [0.4, 0.5) is 0 Å². The third-order valence-corrected chi connectivity index (χ3v) is 5.57. The van der Waals surface area contributed by atoms with Crippen molar-refractivity contribution in [1.29, 1.82) is 0 Å². The molecule has 146 valence electrons. The predicted molar refractivity (Wildman–Crippen MR) is 103 cm³/mol. The van der Waals surface area contributed by atoms with E-state index in [9.17, 15) is 0 Å². The maximum Gasteiger partial charge on any atom is 0.193 e. The van der Waals surface area contributed by atoms with Crippen LogP contribution in [0.25, 0.3) is 0 Å². The molecule has 2 aliphatic heterocycles. The monoisotopic (exact) mass is 354 g/mol. The lowest BCUT2D eigenvalue weighted by atomic mass is 9.93. The summed E-state index contributed by atoms with van der Waals surface area (Å²) in [6.45, 7) is 11.4. The SMILES string of the molecule is CCN1CCC(CCNC(=NC)N2CCC(COCCOC)C2)CC1. The summed E-state index contributed by atoms with van der Waals surface area (Å²) in [5.41, 5.74) is 0. The molecule has 0 aromatic rings. The zero-order chi connectivity index (χ0) is 17.9. The number of hydrogen-bond acceptors (Lipinski definition) is 4. The lowest BCUT2D eigenvalue weighted by Crippen LogP contribution is -2.41. The highest BCUT2D eigenvalue weighted by Crippen LogP contribution is 2.20. The van der Waals surface area contributed by atoms with E-state index in [4.69, 9.17) is 9.47 Å². The van der Waals surface area contributed by atoms with Gasteiger partial charge in [0.1, 0.15) is 0 Å². The van der Waals surface area contributed by atoms with E-state index in [0.29, 0.717) is 19.1 Å². The normalized spacial score (nSPS) is 23.4. The van der Waals surface area contributed by atoms with Crippen LogP contribution in [0.5, 0.6) is 0 Å². The van der Waals surface area contributed by atoms with Crippen molar-refractivity contribution in [1.82, 2.24) is 15.1 Å². The molecule has 0 amide bonds. The van der Waals surface area contributed by atoms with Crippen molar-refractivity contribution in [2.75, 3.05) is 73.2 Å². The van der Waals surface area contributed by atoms with Crippen molar-refractivity contribution in [2.24, 2.45) is 16.8 Å². The fourth-order valence-electron chi connectivity index (χ4n) is 3.87. The van der Waals surface area contributed by atoms with Crippen molar-refractivity contribution in [2.45, 2.75) is 32.6 Å². The first-order chi connectivity index (χ1) is 12.3. The molecule has 2 rings (SSSR count). The number of likely N-dealkylation sites (tertiary alicyclic amines) is 2. The van der Waals surface area contributed by atoms with Crippen LogP contribution in [0.2, 0.25) is 0 Å². The van der Waals surface area contributed by atoms with Gasteiger partial charge in [-0.15, -0.1) is 0 Å². The molecule has 2 saturated heterocycles. The second-order valence-electron chi connectivity index (χ2n) is 7.31. The van der Waals surface area contributed by atoms with Crippen LogP contribution in [-0.4, -0.2) is 89.0 Å². The van der Waals surface area contributed by atoms with E-state index in [1.807, 2.05) is 7.05 Å². The molecule has 2 aliphatic rings. The van der Waals surface area contributed by atoms with Crippen molar-refractivity contribution in [3.05, 3.63) is 0 Å². The number of guanidine groups is 1. The molecule has 0 spiro atoms. The van der Waals surface area contributed by atoms with Crippen LogP contribution in [0.15, 0.2) is 4.99 Å². The van der Waals surface area contributed by atoms with Gasteiger partial charge >= 0.3 is 0 Å². The molecule has 0 saturated carbocycles. The maximum absolute atomic E-state index is 5.68. The van der Waals surface area contributed by atoms with Crippen LogP contribution in [0, 0.1) is 11.8 Å². The first-order valence-corrected chi connectivity index (χ1v) is 10.0. The Morgan fingerprint density at radius 2 is 1.88 bits per heavy atom. The Labute approximate surface area is 153 Å². The summed E-state index contributed by atoms with van der Waals surface area (Å²) < 4.78 is 10.7. The average molecular weight is 355 g/mol. The molecule has 0 aromatic heterocycles. The average Bonchev–Trinajstić information content (AvgIpc) is 3.11. The molecule has 0 aliphatic carbocycles. The number of ether oxygens (including phenoxy) is 2. The molecule has 1 atom stereocenters. The number of methoxy groups -OCH3 is 1. The van der Waals surface area contributed by atoms with Gasteiger partial charge in [0.25, 0.3) is 0 Å².